The van der Waals surface area contributed by atoms with Crippen LogP contribution in [0.2, 0.25) is 0 Å². The lowest BCUT2D eigenvalue weighted by Gasteiger charge is -2.20. The molecular formula is C11H16N2O4S. The van der Waals surface area contributed by atoms with Gasteiger partial charge in [0.15, 0.2) is 9.84 Å². The smallest absolute Gasteiger partial charge is 0.240 e. The first-order valence-electron chi connectivity index (χ1n) is 5.14. The highest BCUT2D eigenvalue weighted by molar-refractivity contribution is 7.90. The molecule has 0 saturated carbocycles. The van der Waals surface area contributed by atoms with E-state index in [2.05, 4.69) is 0 Å². The fourth-order valence-corrected chi connectivity index (χ4v) is 1.72. The van der Waals surface area contributed by atoms with Crippen molar-refractivity contribution in [2.75, 3.05) is 12.9 Å². The molecule has 0 saturated heterocycles. The van der Waals surface area contributed by atoms with Gasteiger partial charge in [0.1, 0.15) is 17.9 Å². The molecule has 0 radical (unpaired) electrons. The lowest BCUT2D eigenvalue weighted by molar-refractivity contribution is -0.123. The second-order valence-corrected chi connectivity index (χ2v) is 6.33. The van der Waals surface area contributed by atoms with E-state index in [-0.39, 0.29) is 11.5 Å². The molecular weight excluding hydrogens is 256 g/mol. The molecule has 0 aromatic heterocycles. The molecule has 4 N–H and O–H groups in total. The van der Waals surface area contributed by atoms with Gasteiger partial charge in [0.05, 0.1) is 4.90 Å². The van der Waals surface area contributed by atoms with Gasteiger partial charge in [0.25, 0.3) is 0 Å². The second-order valence-electron chi connectivity index (χ2n) is 4.31. The summed E-state index contributed by atoms with van der Waals surface area (Å²) in [5.41, 5.74) is 9.44. The number of carbonyl (C=O) groups is 1. The molecule has 1 amide bonds. The maximum absolute atomic E-state index is 11.2. The largest absolute Gasteiger partial charge is 0.491 e. The Kier molecular flexibility index (Phi) is 3.98. The molecule has 0 aliphatic heterocycles. The molecule has 0 fully saturated rings. The highest BCUT2D eigenvalue weighted by atomic mass is 32.2. The van der Waals surface area contributed by atoms with E-state index in [1.165, 1.54) is 31.2 Å². The van der Waals surface area contributed by atoms with Crippen LogP contribution in [0, 0.1) is 0 Å². The molecule has 18 heavy (non-hydrogen) atoms. The molecule has 1 atom stereocenters. The Balaban J connectivity index is 2.74. The van der Waals surface area contributed by atoms with Gasteiger partial charge in [-0.2, -0.15) is 0 Å². The Morgan fingerprint density at radius 2 is 1.83 bits per heavy atom. The van der Waals surface area contributed by atoms with E-state index >= 15 is 0 Å². The van der Waals surface area contributed by atoms with E-state index in [0.29, 0.717) is 5.75 Å². The summed E-state index contributed by atoms with van der Waals surface area (Å²) in [6.45, 7) is 1.38. The molecule has 100 valence electrons. The minimum atomic E-state index is -3.23. The number of ether oxygens (including phenoxy) is 1. The summed E-state index contributed by atoms with van der Waals surface area (Å²) in [5, 5.41) is 0. The van der Waals surface area contributed by atoms with Crippen molar-refractivity contribution in [2.24, 2.45) is 11.5 Å². The number of amides is 1. The third-order valence-electron chi connectivity index (χ3n) is 2.35. The zero-order chi connectivity index (χ0) is 14.0. The van der Waals surface area contributed by atoms with Crippen LogP contribution < -0.4 is 16.2 Å². The lowest BCUT2D eigenvalue weighted by atomic mass is 10.1. The van der Waals surface area contributed by atoms with E-state index in [1.54, 1.807) is 0 Å². The van der Waals surface area contributed by atoms with Gasteiger partial charge in [-0.25, -0.2) is 8.42 Å². The molecule has 0 aliphatic carbocycles. The van der Waals surface area contributed by atoms with E-state index in [1.807, 2.05) is 0 Å². The minimum absolute atomic E-state index is 0.0828. The Hall–Kier alpha value is -1.60. The number of sulfone groups is 1. The molecule has 7 heteroatoms. The highest BCUT2D eigenvalue weighted by Crippen LogP contribution is 2.16. The quantitative estimate of drug-likeness (QED) is 0.762. The third-order valence-corrected chi connectivity index (χ3v) is 3.48. The van der Waals surface area contributed by atoms with Crippen LogP contribution in [0.25, 0.3) is 0 Å². The number of carbonyl (C=O) groups excluding carboxylic acids is 1. The summed E-state index contributed by atoms with van der Waals surface area (Å²) in [4.78, 5) is 11.2. The van der Waals surface area contributed by atoms with Crippen LogP contribution in [0.3, 0.4) is 0 Å². The van der Waals surface area contributed by atoms with Crippen LogP contribution in [0.1, 0.15) is 6.92 Å². The maximum Gasteiger partial charge on any atom is 0.240 e. The number of primary amides is 1. The Morgan fingerprint density at radius 3 is 2.22 bits per heavy atom. The maximum atomic E-state index is 11.2. The van der Waals surface area contributed by atoms with Gasteiger partial charge in [-0.3, -0.25) is 4.79 Å². The zero-order valence-corrected chi connectivity index (χ0v) is 11.0. The number of benzene rings is 1. The predicted octanol–water partition coefficient (Wildman–Crippen LogP) is -0.328. The van der Waals surface area contributed by atoms with Crippen molar-refractivity contribution < 1.29 is 17.9 Å². The van der Waals surface area contributed by atoms with Crippen molar-refractivity contribution >= 4 is 15.7 Å². The first-order valence-corrected chi connectivity index (χ1v) is 7.04. The highest BCUT2D eigenvalue weighted by Gasteiger charge is 2.26. The molecule has 1 aromatic carbocycles. The van der Waals surface area contributed by atoms with Crippen LogP contribution >= 0.6 is 0 Å². The first kappa shape index (κ1) is 14.5. The zero-order valence-electron chi connectivity index (χ0n) is 10.2. The summed E-state index contributed by atoms with van der Waals surface area (Å²) in [6, 6.07) is 5.83. The number of hydrogen-bond acceptors (Lipinski definition) is 5. The number of hydrogen-bond donors (Lipinski definition) is 2. The van der Waals surface area contributed by atoms with E-state index in [0.717, 1.165) is 6.26 Å². The van der Waals surface area contributed by atoms with E-state index < -0.39 is 21.3 Å². The Bertz CT molecular complexity index is 535. The Morgan fingerprint density at radius 1 is 1.33 bits per heavy atom. The van der Waals surface area contributed by atoms with Crippen molar-refractivity contribution in [3.8, 4) is 5.75 Å². The van der Waals surface area contributed by atoms with Crippen molar-refractivity contribution in [3.63, 3.8) is 0 Å². The molecule has 0 aliphatic rings. The van der Waals surface area contributed by atoms with Gasteiger partial charge >= 0.3 is 0 Å². The topological polar surface area (TPSA) is 112 Å². The van der Waals surface area contributed by atoms with Gasteiger partial charge in [-0.05, 0) is 31.2 Å². The minimum Gasteiger partial charge on any atom is -0.491 e. The van der Waals surface area contributed by atoms with Crippen LogP contribution in [0.5, 0.6) is 5.75 Å². The van der Waals surface area contributed by atoms with Crippen LogP contribution in [0.4, 0.5) is 0 Å². The molecule has 1 rings (SSSR count). The number of rotatable bonds is 5. The van der Waals surface area contributed by atoms with Crippen molar-refractivity contribution in [1.29, 1.82) is 0 Å². The SMILES string of the molecule is CC(N)(COc1ccc(S(C)(=O)=O)cc1)C(N)=O. The van der Waals surface area contributed by atoms with Gasteiger partial charge in [-0.15, -0.1) is 0 Å². The molecule has 0 bridgehead atoms. The van der Waals surface area contributed by atoms with Crippen LogP contribution in [-0.2, 0) is 14.6 Å². The van der Waals surface area contributed by atoms with Crippen molar-refractivity contribution in [2.45, 2.75) is 17.4 Å². The summed E-state index contributed by atoms with van der Waals surface area (Å²) < 4.78 is 27.7. The Labute approximate surface area is 106 Å². The molecule has 0 heterocycles. The fraction of sp³-hybridized carbons (Fsp3) is 0.364. The van der Waals surface area contributed by atoms with Gasteiger partial charge < -0.3 is 16.2 Å². The average Bonchev–Trinajstić information content (AvgIpc) is 2.25. The number of nitrogens with two attached hydrogens (primary N) is 2. The summed E-state index contributed by atoms with van der Waals surface area (Å²) in [6.07, 6.45) is 1.12. The normalized spacial score (nSPS) is 14.8. The van der Waals surface area contributed by atoms with Crippen molar-refractivity contribution in [1.82, 2.24) is 0 Å². The van der Waals surface area contributed by atoms with Gasteiger partial charge in [-0.1, -0.05) is 0 Å². The predicted molar refractivity (Wildman–Crippen MR) is 66.8 cm³/mol. The molecule has 6 nitrogen and oxygen atoms in total. The van der Waals surface area contributed by atoms with E-state index in [4.69, 9.17) is 16.2 Å². The third kappa shape index (κ3) is 3.71. The van der Waals surface area contributed by atoms with Gasteiger partial charge in [0, 0.05) is 6.26 Å². The van der Waals surface area contributed by atoms with Gasteiger partial charge in [0.2, 0.25) is 5.91 Å². The first-order chi connectivity index (χ1) is 8.13. The molecule has 1 unspecified atom stereocenters. The standard InChI is InChI=1S/C11H16N2O4S/c1-11(13,10(12)14)7-17-8-3-5-9(6-4-8)18(2,15)16/h3-6H,7,13H2,1-2H3,(H2,12,14). The lowest BCUT2D eigenvalue weighted by Crippen LogP contribution is -2.53. The fourth-order valence-electron chi connectivity index (χ4n) is 1.09. The van der Waals surface area contributed by atoms with Crippen molar-refractivity contribution in [3.05, 3.63) is 24.3 Å². The van der Waals surface area contributed by atoms with Crippen LogP contribution in [0.15, 0.2) is 29.2 Å². The summed E-state index contributed by atoms with van der Waals surface area (Å²) in [7, 11) is -3.23. The summed E-state index contributed by atoms with van der Waals surface area (Å²) >= 11 is 0. The van der Waals surface area contributed by atoms with E-state index in [9.17, 15) is 13.2 Å². The molecule has 0 spiro atoms. The summed E-state index contributed by atoms with van der Waals surface area (Å²) in [5.74, 6) is -0.254. The van der Waals surface area contributed by atoms with Crippen LogP contribution in [-0.4, -0.2) is 32.7 Å². The second kappa shape index (κ2) is 4.95. The average molecular weight is 272 g/mol. The monoisotopic (exact) mass is 272 g/mol. The molecule has 1 aromatic rings.